The van der Waals surface area contributed by atoms with Crippen molar-refractivity contribution in [3.05, 3.63) is 51.2 Å². The van der Waals surface area contributed by atoms with Crippen LogP contribution in [0.2, 0.25) is 0 Å². The number of rotatable bonds is 2. The Balaban J connectivity index is 2.15. The van der Waals surface area contributed by atoms with E-state index in [0.29, 0.717) is 17.0 Å². The van der Waals surface area contributed by atoms with Gasteiger partial charge in [-0.3, -0.25) is 10.1 Å². The molecule has 0 radical (unpaired) electrons. The van der Waals surface area contributed by atoms with Gasteiger partial charge in [-0.05, 0) is 28.1 Å². The summed E-state index contributed by atoms with van der Waals surface area (Å²) in [5.74, 6) is 0.428. The summed E-state index contributed by atoms with van der Waals surface area (Å²) in [6, 6.07) is 6.24. The highest BCUT2D eigenvalue weighted by Gasteiger charge is 2.15. The van der Waals surface area contributed by atoms with Gasteiger partial charge >= 0.3 is 0 Å². The van der Waals surface area contributed by atoms with E-state index in [1.54, 1.807) is 6.07 Å². The molecule has 0 spiro atoms. The molecule has 0 bridgehead atoms. The van der Waals surface area contributed by atoms with E-state index in [1.165, 1.54) is 12.1 Å². The first-order chi connectivity index (χ1) is 9.52. The lowest BCUT2D eigenvalue weighted by Gasteiger charge is -1.94. The normalized spacial score (nSPS) is 10.9. The average molecular weight is 335 g/mol. The highest BCUT2D eigenvalue weighted by atomic mass is 79.9. The lowest BCUT2D eigenvalue weighted by molar-refractivity contribution is -0.671. The summed E-state index contributed by atoms with van der Waals surface area (Å²) in [5.41, 5.74) is 1.78. The van der Waals surface area contributed by atoms with Gasteiger partial charge in [-0.15, -0.1) is 0 Å². The number of oxazole rings is 1. The van der Waals surface area contributed by atoms with Crippen molar-refractivity contribution in [3.8, 4) is 11.5 Å². The van der Waals surface area contributed by atoms with Crippen LogP contribution in [0.4, 0.5) is 5.69 Å². The van der Waals surface area contributed by atoms with Crippen LogP contribution < -0.4 is 4.57 Å². The smallest absolute Gasteiger partial charge is 0.271 e. The molecule has 2 aromatic heterocycles. The summed E-state index contributed by atoms with van der Waals surface area (Å²) in [6.45, 7) is 0. The second kappa shape index (κ2) is 4.68. The molecule has 6 nitrogen and oxygen atoms in total. The third kappa shape index (κ3) is 2.27. The van der Waals surface area contributed by atoms with E-state index in [4.69, 9.17) is 4.42 Å². The van der Waals surface area contributed by atoms with Gasteiger partial charge in [0.1, 0.15) is 18.1 Å². The number of nitrogens with zero attached hydrogens (tertiary/aromatic N) is 3. The Hall–Kier alpha value is -2.28. The maximum atomic E-state index is 10.7. The first-order valence-electron chi connectivity index (χ1n) is 5.74. The molecular weight excluding hydrogens is 326 g/mol. The van der Waals surface area contributed by atoms with Crippen LogP contribution in [-0.4, -0.2) is 9.91 Å². The molecule has 100 valence electrons. The Morgan fingerprint density at radius 2 is 2.15 bits per heavy atom. The van der Waals surface area contributed by atoms with Crippen molar-refractivity contribution in [2.75, 3.05) is 0 Å². The molecule has 20 heavy (non-hydrogen) atoms. The van der Waals surface area contributed by atoms with Gasteiger partial charge in [0.2, 0.25) is 5.89 Å². The number of benzene rings is 1. The quantitative estimate of drug-likeness (QED) is 0.410. The maximum absolute atomic E-state index is 10.7. The molecule has 3 aromatic rings. The molecule has 0 N–H and O–H groups in total. The Morgan fingerprint density at radius 1 is 1.35 bits per heavy atom. The van der Waals surface area contributed by atoms with Crippen LogP contribution in [0.25, 0.3) is 22.6 Å². The average Bonchev–Trinajstić information content (AvgIpc) is 2.80. The minimum absolute atomic E-state index is 0.00264. The van der Waals surface area contributed by atoms with Crippen LogP contribution >= 0.6 is 15.9 Å². The summed E-state index contributed by atoms with van der Waals surface area (Å²) < 4.78 is 8.40. The van der Waals surface area contributed by atoms with E-state index in [0.717, 1.165) is 10.0 Å². The molecule has 0 unspecified atom stereocenters. The van der Waals surface area contributed by atoms with Gasteiger partial charge in [-0.25, -0.2) is 9.55 Å². The van der Waals surface area contributed by atoms with Gasteiger partial charge in [-0.1, -0.05) is 0 Å². The van der Waals surface area contributed by atoms with Crippen molar-refractivity contribution in [3.63, 3.8) is 0 Å². The zero-order valence-electron chi connectivity index (χ0n) is 10.4. The number of fused-ring (bicyclic) bond motifs is 1. The number of nitro groups is 1. The van der Waals surface area contributed by atoms with Crippen LogP contribution in [0.15, 0.2) is 45.5 Å². The third-order valence-corrected chi connectivity index (χ3v) is 3.23. The lowest BCUT2D eigenvalue weighted by atomic mass is 10.3. The van der Waals surface area contributed by atoms with Gasteiger partial charge < -0.3 is 4.42 Å². The van der Waals surface area contributed by atoms with Crippen molar-refractivity contribution in [1.82, 2.24) is 4.98 Å². The van der Waals surface area contributed by atoms with Crippen LogP contribution in [0.3, 0.4) is 0 Å². The number of hydrogen-bond acceptors (Lipinski definition) is 4. The van der Waals surface area contributed by atoms with Crippen molar-refractivity contribution in [1.29, 1.82) is 0 Å². The number of halogens is 1. The second-order valence-corrected chi connectivity index (χ2v) is 5.25. The predicted molar refractivity (Wildman–Crippen MR) is 75.0 cm³/mol. The van der Waals surface area contributed by atoms with E-state index < -0.39 is 4.92 Å². The van der Waals surface area contributed by atoms with Crippen molar-refractivity contribution < 1.29 is 13.9 Å². The van der Waals surface area contributed by atoms with E-state index in [9.17, 15) is 10.1 Å². The van der Waals surface area contributed by atoms with E-state index in [2.05, 4.69) is 20.9 Å². The minimum atomic E-state index is -0.451. The van der Waals surface area contributed by atoms with Crippen LogP contribution in [0.1, 0.15) is 0 Å². The molecule has 3 rings (SSSR count). The maximum Gasteiger partial charge on any atom is 0.271 e. The molecule has 0 aliphatic carbocycles. The Morgan fingerprint density at radius 3 is 2.85 bits per heavy atom. The van der Waals surface area contributed by atoms with Gasteiger partial charge in [0.25, 0.3) is 5.69 Å². The number of aryl methyl sites for hydroxylation is 1. The van der Waals surface area contributed by atoms with E-state index in [-0.39, 0.29) is 5.69 Å². The summed E-state index contributed by atoms with van der Waals surface area (Å²) in [5, 5.41) is 10.7. The number of aromatic nitrogens is 2. The molecule has 0 fully saturated rings. The largest absolute Gasteiger partial charge is 0.436 e. The number of non-ortho nitro benzene ring substituents is 1. The molecule has 0 atom stereocenters. The fourth-order valence-corrected chi connectivity index (χ4v) is 2.51. The van der Waals surface area contributed by atoms with Crippen molar-refractivity contribution in [2.45, 2.75) is 0 Å². The van der Waals surface area contributed by atoms with Gasteiger partial charge in [0.05, 0.1) is 9.40 Å². The molecule has 2 heterocycles. The Labute approximate surface area is 121 Å². The van der Waals surface area contributed by atoms with Crippen molar-refractivity contribution in [2.24, 2.45) is 7.05 Å². The molecule has 0 saturated heterocycles. The highest BCUT2D eigenvalue weighted by molar-refractivity contribution is 9.10. The van der Waals surface area contributed by atoms with Crippen molar-refractivity contribution >= 4 is 32.7 Å². The van der Waals surface area contributed by atoms with Gasteiger partial charge in [0, 0.05) is 12.1 Å². The summed E-state index contributed by atoms with van der Waals surface area (Å²) in [4.78, 5) is 14.6. The fourth-order valence-electron chi connectivity index (χ4n) is 1.94. The standard InChI is InChI=1S/C13H9BrN3O3/c1-16-6-8(4-9(14)7-16)13-15-11-5-10(17(18)19)2-3-12(11)20-13/h2-7H,1H3/q+1. The fraction of sp³-hybridized carbons (Fsp3) is 0.0769. The van der Waals surface area contributed by atoms with Crippen LogP contribution in [-0.2, 0) is 7.05 Å². The third-order valence-electron chi connectivity index (χ3n) is 2.79. The lowest BCUT2D eigenvalue weighted by Crippen LogP contribution is -2.26. The molecule has 0 aliphatic rings. The van der Waals surface area contributed by atoms with E-state index >= 15 is 0 Å². The second-order valence-electron chi connectivity index (χ2n) is 4.34. The summed E-state index contributed by atoms with van der Waals surface area (Å²) in [7, 11) is 1.89. The molecule has 0 amide bonds. The molecule has 0 aliphatic heterocycles. The molecular formula is C13H9BrN3O3+. The summed E-state index contributed by atoms with van der Waals surface area (Å²) in [6.07, 6.45) is 3.76. The van der Waals surface area contributed by atoms with E-state index in [1.807, 2.05) is 30.1 Å². The predicted octanol–water partition coefficient (Wildman–Crippen LogP) is 2.99. The van der Waals surface area contributed by atoms with Crippen LogP contribution in [0, 0.1) is 10.1 Å². The Bertz CT molecular complexity index is 809. The zero-order valence-corrected chi connectivity index (χ0v) is 12.0. The Kier molecular flexibility index (Phi) is 2.98. The van der Waals surface area contributed by atoms with Crippen LogP contribution in [0.5, 0.6) is 0 Å². The first-order valence-corrected chi connectivity index (χ1v) is 6.53. The van der Waals surface area contributed by atoms with Gasteiger partial charge in [0.15, 0.2) is 18.0 Å². The summed E-state index contributed by atoms with van der Waals surface area (Å²) >= 11 is 3.41. The topological polar surface area (TPSA) is 73.0 Å². The number of hydrogen-bond donors (Lipinski definition) is 0. The molecule has 7 heteroatoms. The first kappa shape index (κ1) is 12.7. The molecule has 1 aromatic carbocycles. The minimum Gasteiger partial charge on any atom is -0.436 e. The highest BCUT2D eigenvalue weighted by Crippen LogP contribution is 2.27. The molecule has 0 saturated carbocycles. The zero-order chi connectivity index (χ0) is 14.3. The number of pyridine rings is 1. The number of nitro benzene ring substituents is 1. The SMILES string of the molecule is C[n+]1cc(Br)cc(-c2nc3cc([N+](=O)[O-])ccc3o2)c1. The van der Waals surface area contributed by atoms with Gasteiger partial charge in [-0.2, -0.15) is 0 Å². The monoisotopic (exact) mass is 334 g/mol.